The van der Waals surface area contributed by atoms with Crippen LogP contribution in [0.3, 0.4) is 0 Å². The van der Waals surface area contributed by atoms with Gasteiger partial charge < -0.3 is 19.7 Å². The molecule has 7 heteroatoms. The number of nitrogens with zero attached hydrogens (tertiary/aromatic N) is 1. The molecule has 0 atom stereocenters. The van der Waals surface area contributed by atoms with E-state index < -0.39 is 0 Å². The van der Waals surface area contributed by atoms with E-state index >= 15 is 0 Å². The van der Waals surface area contributed by atoms with Crippen molar-refractivity contribution in [1.82, 2.24) is 0 Å². The summed E-state index contributed by atoms with van der Waals surface area (Å²) in [5, 5.41) is 3.37. The lowest BCUT2D eigenvalue weighted by molar-refractivity contribution is -0.119. The molecule has 1 aliphatic rings. The van der Waals surface area contributed by atoms with Crippen LogP contribution in [0.1, 0.15) is 19.3 Å². The molecule has 0 spiro atoms. The minimum absolute atomic E-state index is 0.0905. The van der Waals surface area contributed by atoms with E-state index in [1.54, 1.807) is 54.5 Å². The van der Waals surface area contributed by atoms with Crippen LogP contribution < -0.4 is 19.7 Å². The second-order valence-corrected chi connectivity index (χ2v) is 6.62. The van der Waals surface area contributed by atoms with E-state index in [0.29, 0.717) is 35.2 Å². The standard InChI is InChI=1S/C20H21ClN2O4/c1-26-18-12-15(7-10-17(18)23-11-3-2-4-20(23)25)22-19(24)13-27-16-8-5-14(21)6-9-16/h5-10,12H,2-4,11,13H2,1H3,(H,22,24). The first-order valence-corrected chi connectivity index (χ1v) is 9.11. The van der Waals surface area contributed by atoms with E-state index in [9.17, 15) is 9.59 Å². The number of hydrogen-bond donors (Lipinski definition) is 1. The molecule has 2 amide bonds. The number of halogens is 1. The lowest BCUT2D eigenvalue weighted by Gasteiger charge is -2.28. The normalized spacial score (nSPS) is 14.0. The van der Waals surface area contributed by atoms with Gasteiger partial charge in [-0.1, -0.05) is 11.6 Å². The number of hydrogen-bond acceptors (Lipinski definition) is 4. The highest BCUT2D eigenvalue weighted by molar-refractivity contribution is 6.30. The quantitative estimate of drug-likeness (QED) is 0.815. The van der Waals surface area contributed by atoms with Gasteiger partial charge in [0.2, 0.25) is 5.91 Å². The number of rotatable bonds is 6. The zero-order valence-corrected chi connectivity index (χ0v) is 15.8. The molecule has 0 saturated carbocycles. The first-order valence-electron chi connectivity index (χ1n) is 8.73. The van der Waals surface area contributed by atoms with Gasteiger partial charge in [0.15, 0.2) is 6.61 Å². The van der Waals surface area contributed by atoms with Gasteiger partial charge in [-0.15, -0.1) is 0 Å². The number of methoxy groups -OCH3 is 1. The summed E-state index contributed by atoms with van der Waals surface area (Å²) >= 11 is 5.82. The number of carbonyl (C=O) groups is 2. The fourth-order valence-corrected chi connectivity index (χ4v) is 3.04. The van der Waals surface area contributed by atoms with Crippen molar-refractivity contribution < 1.29 is 19.1 Å². The molecular formula is C20H21ClN2O4. The number of amides is 2. The van der Waals surface area contributed by atoms with Gasteiger partial charge in [-0.05, 0) is 49.2 Å². The van der Waals surface area contributed by atoms with Crippen molar-refractivity contribution in [2.24, 2.45) is 0 Å². The lowest BCUT2D eigenvalue weighted by atomic mass is 10.1. The van der Waals surface area contributed by atoms with Crippen LogP contribution in [0.2, 0.25) is 5.02 Å². The maximum absolute atomic E-state index is 12.1. The van der Waals surface area contributed by atoms with E-state index in [1.807, 2.05) is 0 Å². The van der Waals surface area contributed by atoms with Crippen molar-refractivity contribution in [1.29, 1.82) is 0 Å². The zero-order valence-electron chi connectivity index (χ0n) is 15.0. The number of anilines is 2. The summed E-state index contributed by atoms with van der Waals surface area (Å²) in [6, 6.07) is 12.0. The van der Waals surface area contributed by atoms with E-state index in [1.165, 1.54) is 0 Å². The lowest BCUT2D eigenvalue weighted by Crippen LogP contribution is -2.35. The summed E-state index contributed by atoms with van der Waals surface area (Å²) in [6.45, 7) is 0.548. The SMILES string of the molecule is COc1cc(NC(=O)COc2ccc(Cl)cc2)ccc1N1CCCCC1=O. The Hall–Kier alpha value is -2.73. The fraction of sp³-hybridized carbons (Fsp3) is 0.300. The molecule has 0 aromatic heterocycles. The molecule has 142 valence electrons. The monoisotopic (exact) mass is 388 g/mol. The highest BCUT2D eigenvalue weighted by Crippen LogP contribution is 2.33. The smallest absolute Gasteiger partial charge is 0.262 e. The first-order chi connectivity index (χ1) is 13.1. The third-order valence-corrected chi connectivity index (χ3v) is 4.51. The Labute approximate surface area is 163 Å². The van der Waals surface area contributed by atoms with Crippen molar-refractivity contribution in [3.63, 3.8) is 0 Å². The molecule has 2 aromatic carbocycles. The Morgan fingerprint density at radius 3 is 2.67 bits per heavy atom. The average molecular weight is 389 g/mol. The van der Waals surface area contributed by atoms with Gasteiger partial charge in [0.1, 0.15) is 11.5 Å². The Kier molecular flexibility index (Phi) is 6.19. The topological polar surface area (TPSA) is 67.9 Å². The van der Waals surface area contributed by atoms with E-state index in [0.717, 1.165) is 18.5 Å². The second-order valence-electron chi connectivity index (χ2n) is 6.18. The van der Waals surface area contributed by atoms with Crippen molar-refractivity contribution in [2.45, 2.75) is 19.3 Å². The Balaban J connectivity index is 1.63. The summed E-state index contributed by atoms with van der Waals surface area (Å²) < 4.78 is 10.9. The Bertz CT molecular complexity index is 823. The zero-order chi connectivity index (χ0) is 19.2. The minimum Gasteiger partial charge on any atom is -0.494 e. The minimum atomic E-state index is -0.297. The van der Waals surface area contributed by atoms with Gasteiger partial charge in [0, 0.05) is 29.7 Å². The van der Waals surface area contributed by atoms with Crippen molar-refractivity contribution in [3.8, 4) is 11.5 Å². The van der Waals surface area contributed by atoms with Gasteiger partial charge in [-0.2, -0.15) is 0 Å². The van der Waals surface area contributed by atoms with Gasteiger partial charge in [0.25, 0.3) is 5.91 Å². The van der Waals surface area contributed by atoms with Crippen LogP contribution in [0.15, 0.2) is 42.5 Å². The maximum atomic E-state index is 12.1. The number of carbonyl (C=O) groups excluding carboxylic acids is 2. The number of benzene rings is 2. The van der Waals surface area contributed by atoms with E-state index in [4.69, 9.17) is 21.1 Å². The third kappa shape index (κ3) is 4.92. The summed E-state index contributed by atoms with van der Waals surface area (Å²) in [7, 11) is 1.54. The fourth-order valence-electron chi connectivity index (χ4n) is 2.92. The maximum Gasteiger partial charge on any atom is 0.262 e. The van der Waals surface area contributed by atoms with Gasteiger partial charge in [0.05, 0.1) is 12.8 Å². The van der Waals surface area contributed by atoms with Crippen LogP contribution in [-0.4, -0.2) is 32.1 Å². The van der Waals surface area contributed by atoms with Gasteiger partial charge >= 0.3 is 0 Å². The van der Waals surface area contributed by atoms with Crippen LogP contribution in [0.5, 0.6) is 11.5 Å². The molecule has 1 saturated heterocycles. The second kappa shape index (κ2) is 8.77. The predicted octanol–water partition coefficient (Wildman–Crippen LogP) is 3.88. The molecule has 0 bridgehead atoms. The molecule has 2 aromatic rings. The highest BCUT2D eigenvalue weighted by atomic mass is 35.5. The summed E-state index contributed by atoms with van der Waals surface area (Å²) in [6.07, 6.45) is 2.43. The van der Waals surface area contributed by atoms with Crippen molar-refractivity contribution in [3.05, 3.63) is 47.5 Å². The van der Waals surface area contributed by atoms with Crippen molar-refractivity contribution in [2.75, 3.05) is 30.5 Å². The third-order valence-electron chi connectivity index (χ3n) is 4.26. The molecule has 27 heavy (non-hydrogen) atoms. The van der Waals surface area contributed by atoms with E-state index in [2.05, 4.69) is 5.32 Å². The molecule has 6 nitrogen and oxygen atoms in total. The molecular weight excluding hydrogens is 368 g/mol. The number of ether oxygens (including phenoxy) is 2. The highest BCUT2D eigenvalue weighted by Gasteiger charge is 2.22. The summed E-state index contributed by atoms with van der Waals surface area (Å²) in [4.78, 5) is 26.0. The Morgan fingerprint density at radius 2 is 1.96 bits per heavy atom. The van der Waals surface area contributed by atoms with Crippen LogP contribution in [0.25, 0.3) is 0 Å². The molecule has 1 heterocycles. The van der Waals surface area contributed by atoms with Crippen LogP contribution in [0, 0.1) is 0 Å². The molecule has 1 aliphatic heterocycles. The summed E-state index contributed by atoms with van der Waals surface area (Å²) in [5.41, 5.74) is 1.29. The molecule has 0 radical (unpaired) electrons. The molecule has 0 unspecified atom stereocenters. The van der Waals surface area contributed by atoms with Crippen LogP contribution >= 0.6 is 11.6 Å². The molecule has 3 rings (SSSR count). The van der Waals surface area contributed by atoms with E-state index in [-0.39, 0.29) is 18.4 Å². The summed E-state index contributed by atoms with van der Waals surface area (Å²) in [5.74, 6) is 0.897. The predicted molar refractivity (Wildman–Crippen MR) is 105 cm³/mol. The van der Waals surface area contributed by atoms with Crippen LogP contribution in [-0.2, 0) is 9.59 Å². The largest absolute Gasteiger partial charge is 0.494 e. The molecule has 1 N–H and O–H groups in total. The average Bonchev–Trinajstić information content (AvgIpc) is 2.68. The van der Waals surface area contributed by atoms with Crippen LogP contribution in [0.4, 0.5) is 11.4 Å². The van der Waals surface area contributed by atoms with Crippen molar-refractivity contribution >= 4 is 34.8 Å². The van der Waals surface area contributed by atoms with Gasteiger partial charge in [-0.3, -0.25) is 9.59 Å². The Morgan fingerprint density at radius 1 is 1.19 bits per heavy atom. The number of piperidine rings is 1. The molecule has 0 aliphatic carbocycles. The number of nitrogens with one attached hydrogen (secondary N) is 1. The van der Waals surface area contributed by atoms with Gasteiger partial charge in [-0.25, -0.2) is 0 Å². The first kappa shape index (κ1) is 19.0. The molecule has 1 fully saturated rings.